The zero-order valence-electron chi connectivity index (χ0n) is 15.1. The molecule has 0 aliphatic heterocycles. The molecule has 0 bridgehead atoms. The largest absolute Gasteiger partial charge is 0.497 e. The summed E-state index contributed by atoms with van der Waals surface area (Å²) in [5.74, 6) is 1.27. The molecule has 0 aromatic rings. The Hall–Kier alpha value is -1.55. The van der Waals surface area contributed by atoms with Crippen molar-refractivity contribution in [3.63, 3.8) is 0 Å². The summed E-state index contributed by atoms with van der Waals surface area (Å²) in [7, 11) is 5.33. The van der Waals surface area contributed by atoms with Gasteiger partial charge in [-0.05, 0) is 43.9 Å². The van der Waals surface area contributed by atoms with E-state index < -0.39 is 0 Å². The maximum Gasteiger partial charge on any atom is 0.248 e. The first kappa shape index (κ1) is 17.3. The lowest BCUT2D eigenvalue weighted by molar-refractivity contribution is -0.124. The molecule has 2 atom stereocenters. The first-order valence-electron chi connectivity index (χ1n) is 9.07. The first-order valence-corrected chi connectivity index (χ1v) is 9.07. The summed E-state index contributed by atoms with van der Waals surface area (Å²) in [6.07, 6.45) is 16.3. The van der Waals surface area contributed by atoms with Crippen LogP contribution in [-0.2, 0) is 14.3 Å². The van der Waals surface area contributed by atoms with E-state index in [9.17, 15) is 4.79 Å². The molecule has 3 rings (SSSR count). The van der Waals surface area contributed by atoms with Gasteiger partial charge < -0.3 is 14.4 Å². The quantitative estimate of drug-likeness (QED) is 0.772. The average molecular weight is 331 g/mol. The summed E-state index contributed by atoms with van der Waals surface area (Å²) in [5.41, 5.74) is 0.597. The SMILES string of the molecule is COC1=CCC(OC2CCCC2)(C2C=C(C(=O)N(C)C)CC2)C=C1. The number of hydrogen-bond acceptors (Lipinski definition) is 3. The second-order valence-electron chi connectivity index (χ2n) is 7.36. The molecule has 4 nitrogen and oxygen atoms in total. The summed E-state index contributed by atoms with van der Waals surface area (Å²) in [4.78, 5) is 14.0. The van der Waals surface area contributed by atoms with E-state index in [1.54, 1.807) is 12.0 Å². The van der Waals surface area contributed by atoms with E-state index >= 15 is 0 Å². The lowest BCUT2D eigenvalue weighted by Crippen LogP contribution is -2.41. The van der Waals surface area contributed by atoms with Gasteiger partial charge in [0.25, 0.3) is 0 Å². The third-order valence-electron chi connectivity index (χ3n) is 5.51. The highest BCUT2D eigenvalue weighted by atomic mass is 16.5. The van der Waals surface area contributed by atoms with Crippen LogP contribution in [0.2, 0.25) is 0 Å². The lowest BCUT2D eigenvalue weighted by Gasteiger charge is -2.39. The Bertz CT molecular complexity index is 569. The van der Waals surface area contributed by atoms with Crippen LogP contribution in [0.5, 0.6) is 0 Å². The molecule has 1 amide bonds. The molecule has 0 heterocycles. The number of hydrogen-bond donors (Lipinski definition) is 0. The van der Waals surface area contributed by atoms with E-state index in [4.69, 9.17) is 9.47 Å². The van der Waals surface area contributed by atoms with Crippen LogP contribution >= 0.6 is 0 Å². The van der Waals surface area contributed by atoms with Gasteiger partial charge >= 0.3 is 0 Å². The Morgan fingerprint density at radius 3 is 2.58 bits per heavy atom. The minimum absolute atomic E-state index is 0.126. The molecule has 2 unspecified atom stereocenters. The van der Waals surface area contributed by atoms with Crippen molar-refractivity contribution < 1.29 is 14.3 Å². The van der Waals surface area contributed by atoms with Crippen LogP contribution < -0.4 is 0 Å². The Labute approximate surface area is 145 Å². The molecule has 3 aliphatic rings. The smallest absolute Gasteiger partial charge is 0.248 e. The van der Waals surface area contributed by atoms with Crippen LogP contribution in [-0.4, -0.2) is 43.7 Å². The third-order valence-corrected chi connectivity index (χ3v) is 5.51. The van der Waals surface area contributed by atoms with Crippen LogP contribution in [0.1, 0.15) is 44.9 Å². The zero-order valence-corrected chi connectivity index (χ0v) is 15.1. The zero-order chi connectivity index (χ0) is 17.2. The van der Waals surface area contributed by atoms with Crippen molar-refractivity contribution in [1.82, 2.24) is 4.90 Å². The highest BCUT2D eigenvalue weighted by Gasteiger charge is 2.42. The third kappa shape index (κ3) is 3.44. The van der Waals surface area contributed by atoms with E-state index in [2.05, 4.69) is 18.2 Å². The van der Waals surface area contributed by atoms with Gasteiger partial charge in [-0.3, -0.25) is 4.79 Å². The fourth-order valence-corrected chi connectivity index (χ4v) is 4.11. The number of allylic oxidation sites excluding steroid dienone is 1. The number of nitrogens with zero attached hydrogens (tertiary/aromatic N) is 1. The van der Waals surface area contributed by atoms with Gasteiger partial charge in [-0.25, -0.2) is 0 Å². The molecule has 0 N–H and O–H groups in total. The van der Waals surface area contributed by atoms with Gasteiger partial charge in [0.05, 0.1) is 18.8 Å². The van der Waals surface area contributed by atoms with Gasteiger partial charge in [0.15, 0.2) is 0 Å². The van der Waals surface area contributed by atoms with E-state index in [1.165, 1.54) is 12.8 Å². The number of ether oxygens (including phenoxy) is 2. The van der Waals surface area contributed by atoms with E-state index in [1.807, 2.05) is 20.2 Å². The Morgan fingerprint density at radius 2 is 2.00 bits per heavy atom. The molecule has 3 aliphatic carbocycles. The van der Waals surface area contributed by atoms with Crippen molar-refractivity contribution in [2.75, 3.05) is 21.2 Å². The standard InChI is InChI=1S/C20H29NO3/c1-21(2)19(22)15-8-9-16(14-15)20(24-18-6-4-5-7-18)12-10-17(23-3)11-13-20/h10-12,14,16,18H,4-9,13H2,1-3H3. The molecule has 1 saturated carbocycles. The van der Waals surface area contributed by atoms with Crippen LogP contribution in [0.25, 0.3) is 0 Å². The normalized spacial score (nSPS) is 30.2. The number of carbonyl (C=O) groups excluding carboxylic acids is 1. The van der Waals surface area contributed by atoms with E-state index in [-0.39, 0.29) is 17.4 Å². The highest BCUT2D eigenvalue weighted by Crippen LogP contribution is 2.43. The van der Waals surface area contributed by atoms with Gasteiger partial charge in [-0.15, -0.1) is 0 Å². The van der Waals surface area contributed by atoms with E-state index in [0.717, 1.165) is 43.4 Å². The number of carbonyl (C=O) groups is 1. The maximum atomic E-state index is 12.3. The van der Waals surface area contributed by atoms with Crippen molar-refractivity contribution in [1.29, 1.82) is 0 Å². The monoisotopic (exact) mass is 331 g/mol. The number of likely N-dealkylation sites (N-methyl/N-ethyl adjacent to an activating group) is 1. The van der Waals surface area contributed by atoms with E-state index in [0.29, 0.717) is 6.10 Å². The molecule has 4 heteroatoms. The number of methoxy groups -OCH3 is 1. The van der Waals surface area contributed by atoms with Gasteiger partial charge in [0.1, 0.15) is 5.76 Å². The van der Waals surface area contributed by atoms with Gasteiger partial charge in [-0.1, -0.05) is 18.9 Å². The summed E-state index contributed by atoms with van der Waals surface area (Å²) in [6, 6.07) is 0. The van der Waals surface area contributed by atoms with Crippen molar-refractivity contribution >= 4 is 5.91 Å². The molecule has 1 fully saturated rings. The molecule has 0 aromatic heterocycles. The summed E-state index contributed by atoms with van der Waals surface area (Å²) in [6.45, 7) is 0. The van der Waals surface area contributed by atoms with Crippen molar-refractivity contribution in [3.8, 4) is 0 Å². The van der Waals surface area contributed by atoms with Gasteiger partial charge in [0, 0.05) is 32.0 Å². The molecule has 132 valence electrons. The molecule has 0 radical (unpaired) electrons. The van der Waals surface area contributed by atoms with Crippen molar-refractivity contribution in [3.05, 3.63) is 35.6 Å². The average Bonchev–Trinajstić information content (AvgIpc) is 3.26. The predicted octanol–water partition coefficient (Wildman–Crippen LogP) is 3.60. The van der Waals surface area contributed by atoms with Crippen molar-refractivity contribution in [2.45, 2.75) is 56.7 Å². The second-order valence-corrected chi connectivity index (χ2v) is 7.36. The topological polar surface area (TPSA) is 38.8 Å². The van der Waals surface area contributed by atoms with Crippen LogP contribution in [0.4, 0.5) is 0 Å². The Balaban J connectivity index is 1.82. The molecule has 0 aromatic carbocycles. The molecular weight excluding hydrogens is 302 g/mol. The van der Waals surface area contributed by atoms with Crippen molar-refractivity contribution in [2.24, 2.45) is 5.92 Å². The minimum atomic E-state index is -0.328. The predicted molar refractivity (Wildman–Crippen MR) is 94.4 cm³/mol. The number of rotatable bonds is 5. The van der Waals surface area contributed by atoms with Crippen LogP contribution in [0, 0.1) is 5.92 Å². The summed E-state index contributed by atoms with van der Waals surface area (Å²) < 4.78 is 12.0. The Morgan fingerprint density at radius 1 is 1.25 bits per heavy atom. The van der Waals surface area contributed by atoms with Crippen LogP contribution in [0.3, 0.4) is 0 Å². The summed E-state index contributed by atoms with van der Waals surface area (Å²) in [5, 5.41) is 0. The summed E-state index contributed by atoms with van der Waals surface area (Å²) >= 11 is 0. The lowest BCUT2D eigenvalue weighted by atomic mass is 9.81. The number of amides is 1. The van der Waals surface area contributed by atoms with Gasteiger partial charge in [0.2, 0.25) is 5.91 Å². The first-order chi connectivity index (χ1) is 11.5. The molecule has 0 saturated heterocycles. The fraction of sp³-hybridized carbons (Fsp3) is 0.650. The second kappa shape index (κ2) is 7.14. The minimum Gasteiger partial charge on any atom is -0.497 e. The fourth-order valence-electron chi connectivity index (χ4n) is 4.11. The molecule has 0 spiro atoms. The Kier molecular flexibility index (Phi) is 5.14. The highest BCUT2D eigenvalue weighted by molar-refractivity contribution is 5.93. The van der Waals surface area contributed by atoms with Gasteiger partial charge in [-0.2, -0.15) is 0 Å². The molecule has 24 heavy (non-hydrogen) atoms. The molecular formula is C20H29NO3. The van der Waals surface area contributed by atoms with Crippen LogP contribution in [0.15, 0.2) is 35.6 Å². The maximum absolute atomic E-state index is 12.3.